The molecule has 4 rings (SSSR count). The van der Waals surface area contributed by atoms with Gasteiger partial charge in [-0.25, -0.2) is 0 Å². The van der Waals surface area contributed by atoms with Gasteiger partial charge >= 0.3 is 0 Å². The van der Waals surface area contributed by atoms with Gasteiger partial charge in [-0.05, 0) is 114 Å². The maximum atomic E-state index is 6.70. The lowest BCUT2D eigenvalue weighted by molar-refractivity contribution is -0.182. The summed E-state index contributed by atoms with van der Waals surface area (Å²) in [4.78, 5) is 0. The Labute approximate surface area is 241 Å². The van der Waals surface area contributed by atoms with E-state index in [0.717, 1.165) is 41.4 Å². The number of rotatable bonds is 5. The summed E-state index contributed by atoms with van der Waals surface area (Å²) < 4.78 is 0. The quantitative estimate of drug-likeness (QED) is 0.375. The molecule has 0 aliphatic heterocycles. The molecule has 4 aliphatic carbocycles. The van der Waals surface area contributed by atoms with Crippen LogP contribution >= 0.6 is 0 Å². The maximum absolute atomic E-state index is 6.70. The van der Waals surface area contributed by atoms with Crippen LogP contribution in [-0.4, -0.2) is 6.04 Å². The number of hydrogen-bond acceptors (Lipinski definition) is 1. The minimum absolute atomic E-state index is 0.305. The van der Waals surface area contributed by atoms with Crippen LogP contribution in [0, 0.1) is 63.1 Å². The largest absolute Gasteiger partial charge is 0.327 e. The summed E-state index contributed by atoms with van der Waals surface area (Å²) in [6, 6.07) is 0.395. The molecule has 226 valence electrons. The molecule has 10 atom stereocenters. The van der Waals surface area contributed by atoms with Gasteiger partial charge in [0.2, 0.25) is 0 Å². The standard InChI is InChI=1S/C31H57N.2C3H8/c1-20(2)21(3)10-11-22(4)23-14-18-31(9)25-12-13-26-28(5,6)27(32)16-17-29(26,7)24(25)15-19-30(23,31)8;2*1-3-2/h20-27H,10-19,32H2,1-9H3;2*3H2,1-2H3. The smallest absolute Gasteiger partial charge is 0.00933 e. The van der Waals surface area contributed by atoms with Crippen LogP contribution in [0.3, 0.4) is 0 Å². The molecule has 0 saturated heterocycles. The molecule has 4 fully saturated rings. The van der Waals surface area contributed by atoms with Crippen molar-refractivity contribution in [3.05, 3.63) is 0 Å². The molecule has 10 unspecified atom stereocenters. The van der Waals surface area contributed by atoms with Gasteiger partial charge in [0.25, 0.3) is 0 Å². The molecular weight excluding hydrogens is 458 g/mol. The Morgan fingerprint density at radius 3 is 1.76 bits per heavy atom. The molecule has 0 aromatic rings. The van der Waals surface area contributed by atoms with Crippen molar-refractivity contribution in [1.82, 2.24) is 0 Å². The van der Waals surface area contributed by atoms with E-state index >= 15 is 0 Å². The van der Waals surface area contributed by atoms with E-state index < -0.39 is 0 Å². The van der Waals surface area contributed by atoms with Gasteiger partial charge in [0.1, 0.15) is 0 Å². The Balaban J connectivity index is 0.000000773. The zero-order valence-corrected chi connectivity index (χ0v) is 28.7. The van der Waals surface area contributed by atoms with Crippen LogP contribution in [0.4, 0.5) is 0 Å². The molecule has 0 amide bonds. The number of fused-ring (bicyclic) bond motifs is 5. The summed E-state index contributed by atoms with van der Waals surface area (Å²) in [5.41, 5.74) is 8.63. The van der Waals surface area contributed by atoms with E-state index in [-0.39, 0.29) is 0 Å². The average Bonchev–Trinajstić information content (AvgIpc) is 3.12. The predicted molar refractivity (Wildman–Crippen MR) is 171 cm³/mol. The SMILES string of the molecule is CC(C)C(C)CCC(C)C1CCC2(C)C3CCC4C(C)(C)C(N)CCC4(C)C3CCC12C.CCC.CCC. The highest BCUT2D eigenvalue weighted by Gasteiger charge is 2.67. The lowest BCUT2D eigenvalue weighted by atomic mass is 9.38. The van der Waals surface area contributed by atoms with Crippen molar-refractivity contribution >= 4 is 0 Å². The van der Waals surface area contributed by atoms with Crippen LogP contribution in [-0.2, 0) is 0 Å². The molecule has 38 heavy (non-hydrogen) atoms. The van der Waals surface area contributed by atoms with Gasteiger partial charge in [-0.3, -0.25) is 0 Å². The van der Waals surface area contributed by atoms with Gasteiger partial charge in [-0.15, -0.1) is 0 Å². The van der Waals surface area contributed by atoms with Crippen molar-refractivity contribution in [2.24, 2.45) is 68.8 Å². The zero-order chi connectivity index (χ0) is 29.1. The summed E-state index contributed by atoms with van der Waals surface area (Å²) in [7, 11) is 0. The Morgan fingerprint density at radius 1 is 0.658 bits per heavy atom. The third-order valence-electron chi connectivity index (χ3n) is 13.5. The normalized spacial score (nSPS) is 42.9. The highest BCUT2D eigenvalue weighted by atomic mass is 14.8. The Bertz CT molecular complexity index is 707. The monoisotopic (exact) mass is 532 g/mol. The summed E-state index contributed by atoms with van der Waals surface area (Å²) in [5.74, 6) is 6.21. The fraction of sp³-hybridized carbons (Fsp3) is 1.00. The highest BCUT2D eigenvalue weighted by Crippen LogP contribution is 2.74. The van der Waals surface area contributed by atoms with Crippen molar-refractivity contribution in [3.63, 3.8) is 0 Å². The van der Waals surface area contributed by atoms with Crippen molar-refractivity contribution in [3.8, 4) is 0 Å². The topological polar surface area (TPSA) is 26.0 Å². The maximum Gasteiger partial charge on any atom is 0.00933 e. The summed E-state index contributed by atoms with van der Waals surface area (Å²) in [6.07, 6.45) is 16.8. The van der Waals surface area contributed by atoms with E-state index in [1.165, 1.54) is 77.0 Å². The van der Waals surface area contributed by atoms with Gasteiger partial charge in [-0.2, -0.15) is 0 Å². The van der Waals surface area contributed by atoms with E-state index in [9.17, 15) is 0 Å². The van der Waals surface area contributed by atoms with Gasteiger partial charge in [0.15, 0.2) is 0 Å². The van der Waals surface area contributed by atoms with Crippen molar-refractivity contribution in [1.29, 1.82) is 0 Å². The van der Waals surface area contributed by atoms with Crippen molar-refractivity contribution < 1.29 is 0 Å². The van der Waals surface area contributed by atoms with Crippen LogP contribution in [0.2, 0.25) is 0 Å². The van der Waals surface area contributed by atoms with Gasteiger partial charge < -0.3 is 5.73 Å². The van der Waals surface area contributed by atoms with Crippen LogP contribution in [0.15, 0.2) is 0 Å². The lowest BCUT2D eigenvalue weighted by Crippen LogP contribution is -2.62. The minimum Gasteiger partial charge on any atom is -0.327 e. The van der Waals surface area contributed by atoms with Crippen molar-refractivity contribution in [2.75, 3.05) is 0 Å². The first-order chi connectivity index (χ1) is 17.6. The van der Waals surface area contributed by atoms with Crippen LogP contribution in [0.1, 0.15) is 167 Å². The molecule has 0 heterocycles. The Kier molecular flexibility index (Phi) is 12.0. The van der Waals surface area contributed by atoms with Crippen LogP contribution in [0.5, 0.6) is 0 Å². The first kappa shape index (κ1) is 34.2. The molecule has 2 N–H and O–H groups in total. The average molecular weight is 532 g/mol. The summed E-state index contributed by atoms with van der Waals surface area (Å²) in [6.45, 7) is 31.6. The van der Waals surface area contributed by atoms with Crippen LogP contribution in [0.25, 0.3) is 0 Å². The molecule has 0 bridgehead atoms. The van der Waals surface area contributed by atoms with Gasteiger partial charge in [0, 0.05) is 6.04 Å². The first-order valence-corrected chi connectivity index (χ1v) is 17.4. The second kappa shape index (κ2) is 13.3. The molecule has 0 radical (unpaired) electrons. The molecule has 1 nitrogen and oxygen atoms in total. The third-order valence-corrected chi connectivity index (χ3v) is 13.5. The Morgan fingerprint density at radius 2 is 1.21 bits per heavy atom. The minimum atomic E-state index is 0.305. The van der Waals surface area contributed by atoms with E-state index in [4.69, 9.17) is 5.73 Å². The second-order valence-electron chi connectivity index (χ2n) is 16.5. The van der Waals surface area contributed by atoms with Gasteiger partial charge in [-0.1, -0.05) is 116 Å². The lowest BCUT2D eigenvalue weighted by Gasteiger charge is -2.67. The molecule has 4 saturated carbocycles. The van der Waals surface area contributed by atoms with E-state index in [1.807, 2.05) is 0 Å². The highest BCUT2D eigenvalue weighted by molar-refractivity contribution is 5.16. The Hall–Kier alpha value is -0.0400. The fourth-order valence-corrected chi connectivity index (χ4v) is 10.6. The zero-order valence-electron chi connectivity index (χ0n) is 28.7. The molecule has 4 aliphatic rings. The van der Waals surface area contributed by atoms with E-state index in [2.05, 4.69) is 90.0 Å². The van der Waals surface area contributed by atoms with E-state index in [0.29, 0.717) is 27.7 Å². The number of nitrogens with two attached hydrogens (primary N) is 1. The fourth-order valence-electron chi connectivity index (χ4n) is 10.6. The second-order valence-corrected chi connectivity index (χ2v) is 16.5. The molecule has 0 spiro atoms. The summed E-state index contributed by atoms with van der Waals surface area (Å²) >= 11 is 0. The van der Waals surface area contributed by atoms with Gasteiger partial charge in [0.05, 0.1) is 0 Å². The predicted octanol–water partition coefficient (Wildman–Crippen LogP) is 11.5. The summed E-state index contributed by atoms with van der Waals surface area (Å²) in [5, 5.41) is 0. The number of hydrogen-bond donors (Lipinski definition) is 1. The molecule has 0 aromatic carbocycles. The van der Waals surface area contributed by atoms with E-state index in [1.54, 1.807) is 0 Å². The molecule has 0 aromatic heterocycles. The van der Waals surface area contributed by atoms with Crippen molar-refractivity contribution in [2.45, 2.75) is 173 Å². The molecular formula is C37H73N. The van der Waals surface area contributed by atoms with Crippen LogP contribution < -0.4 is 5.73 Å². The first-order valence-electron chi connectivity index (χ1n) is 17.4. The molecule has 1 heteroatoms. The third kappa shape index (κ3) is 6.09.